The normalized spacial score (nSPS) is 19.6. The van der Waals surface area contributed by atoms with Crippen molar-refractivity contribution in [3.05, 3.63) is 70.8 Å². The van der Waals surface area contributed by atoms with Crippen molar-refractivity contribution in [2.24, 2.45) is 5.10 Å². The molecule has 0 spiro atoms. The Morgan fingerprint density at radius 3 is 2.65 bits per heavy atom. The first-order valence-corrected chi connectivity index (χ1v) is 11.3. The maximum Gasteiger partial charge on any atom is 0.257 e. The number of thiophene rings is 1. The number of carbonyl (C=O) groups excluding carboxylic acids is 1. The number of phenolic OH excluding ortho intramolecular Hbond substituents is 1. The summed E-state index contributed by atoms with van der Waals surface area (Å²) in [5, 5.41) is 18.4. The smallest absolute Gasteiger partial charge is 0.257 e. The Labute approximate surface area is 184 Å². The van der Waals surface area contributed by atoms with Crippen LogP contribution in [0, 0.1) is 0 Å². The van der Waals surface area contributed by atoms with Crippen LogP contribution < -0.4 is 4.90 Å². The molecule has 0 saturated carbocycles. The third-order valence-electron chi connectivity index (χ3n) is 5.80. The number of piperazine rings is 1. The number of anilines is 1. The molecule has 1 N–H and O–H groups in total. The minimum absolute atomic E-state index is 0.0241. The first kappa shape index (κ1) is 19.8. The zero-order valence-corrected chi connectivity index (χ0v) is 17.9. The predicted molar refractivity (Wildman–Crippen MR) is 121 cm³/mol. The molecule has 1 amide bonds. The molecule has 7 nitrogen and oxygen atoms in total. The summed E-state index contributed by atoms with van der Waals surface area (Å²) in [5.74, 6) is 1.03. The Morgan fingerprint density at radius 1 is 1.10 bits per heavy atom. The van der Waals surface area contributed by atoms with Gasteiger partial charge in [-0.1, -0.05) is 18.2 Å². The molecule has 2 aliphatic rings. The minimum Gasteiger partial charge on any atom is -0.506 e. The molecule has 0 bridgehead atoms. The van der Waals surface area contributed by atoms with Crippen molar-refractivity contribution in [3.8, 4) is 5.75 Å². The molecular weight excluding hydrogens is 412 g/mol. The van der Waals surface area contributed by atoms with E-state index in [0.717, 1.165) is 48.2 Å². The van der Waals surface area contributed by atoms with Crippen LogP contribution in [0.4, 0.5) is 5.69 Å². The Balaban J connectivity index is 1.26. The molecule has 2 aromatic heterocycles. The number of hydrogen-bond acceptors (Lipinski definition) is 7. The van der Waals surface area contributed by atoms with E-state index in [2.05, 4.69) is 14.9 Å². The van der Waals surface area contributed by atoms with Crippen LogP contribution in [0.25, 0.3) is 0 Å². The van der Waals surface area contributed by atoms with Gasteiger partial charge in [-0.15, -0.1) is 11.3 Å². The van der Waals surface area contributed by atoms with Gasteiger partial charge in [0.15, 0.2) is 0 Å². The molecule has 4 heterocycles. The third kappa shape index (κ3) is 4.08. The van der Waals surface area contributed by atoms with E-state index in [-0.39, 0.29) is 11.9 Å². The van der Waals surface area contributed by atoms with Gasteiger partial charge in [0, 0.05) is 32.6 Å². The summed E-state index contributed by atoms with van der Waals surface area (Å²) < 4.78 is 5.62. The number of amides is 1. The van der Waals surface area contributed by atoms with Crippen molar-refractivity contribution in [3.63, 3.8) is 0 Å². The fraction of sp³-hybridized carbons (Fsp3) is 0.304. The van der Waals surface area contributed by atoms with Crippen molar-refractivity contribution in [2.45, 2.75) is 12.5 Å². The summed E-state index contributed by atoms with van der Waals surface area (Å²) >= 11 is 1.63. The number of phenols is 1. The number of benzene rings is 1. The summed E-state index contributed by atoms with van der Waals surface area (Å²) in [4.78, 5) is 18.6. The van der Waals surface area contributed by atoms with Crippen LogP contribution in [0.2, 0.25) is 0 Å². The molecule has 0 aliphatic carbocycles. The van der Waals surface area contributed by atoms with Gasteiger partial charge in [0.2, 0.25) is 0 Å². The Hall–Kier alpha value is -3.10. The molecule has 1 atom stereocenters. The number of aromatic hydroxyl groups is 1. The number of hydrogen-bond donors (Lipinski definition) is 1. The van der Waals surface area contributed by atoms with Crippen LogP contribution in [0.3, 0.4) is 0 Å². The molecule has 1 saturated heterocycles. The first-order valence-electron chi connectivity index (χ1n) is 10.4. The van der Waals surface area contributed by atoms with Crippen LogP contribution in [-0.4, -0.2) is 59.4 Å². The number of rotatable bonds is 5. The number of hydrazone groups is 1. The van der Waals surface area contributed by atoms with Crippen LogP contribution in [0.1, 0.15) is 23.1 Å². The predicted octanol–water partition coefficient (Wildman–Crippen LogP) is 3.55. The fourth-order valence-electron chi connectivity index (χ4n) is 4.18. The lowest BCUT2D eigenvalue weighted by atomic mass is 10.1. The van der Waals surface area contributed by atoms with E-state index in [1.54, 1.807) is 28.7 Å². The monoisotopic (exact) mass is 436 g/mol. The second kappa shape index (κ2) is 8.56. The summed E-state index contributed by atoms with van der Waals surface area (Å²) in [6, 6.07) is 15.0. The van der Waals surface area contributed by atoms with E-state index in [1.807, 2.05) is 47.8 Å². The topological polar surface area (TPSA) is 72.5 Å². The quantitative estimate of drug-likeness (QED) is 0.662. The van der Waals surface area contributed by atoms with Crippen molar-refractivity contribution >= 4 is 28.6 Å². The average molecular weight is 437 g/mol. The second-order valence-corrected chi connectivity index (χ2v) is 8.70. The lowest BCUT2D eigenvalue weighted by Crippen LogP contribution is -2.49. The summed E-state index contributed by atoms with van der Waals surface area (Å²) in [6.07, 6.45) is 2.29. The van der Waals surface area contributed by atoms with Crippen LogP contribution >= 0.6 is 11.3 Å². The molecule has 5 rings (SSSR count). The van der Waals surface area contributed by atoms with Gasteiger partial charge < -0.3 is 14.4 Å². The van der Waals surface area contributed by atoms with Gasteiger partial charge in [0.1, 0.15) is 17.6 Å². The SMILES string of the molecule is O=C(CN1CCN(c2ccccc2O)CC1)N1N=C(c2cccs2)C[C@@H]1c1ccco1. The number of furan rings is 1. The Kier molecular flexibility index (Phi) is 5.48. The van der Waals surface area contributed by atoms with E-state index < -0.39 is 0 Å². The van der Waals surface area contributed by atoms with E-state index in [1.165, 1.54) is 0 Å². The van der Waals surface area contributed by atoms with Gasteiger partial charge in [-0.2, -0.15) is 5.10 Å². The lowest BCUT2D eigenvalue weighted by molar-refractivity contribution is -0.134. The average Bonchev–Trinajstić information content (AvgIpc) is 3.55. The zero-order chi connectivity index (χ0) is 21.2. The molecule has 160 valence electrons. The lowest BCUT2D eigenvalue weighted by Gasteiger charge is -2.36. The summed E-state index contributed by atoms with van der Waals surface area (Å²) in [5.41, 5.74) is 1.77. The van der Waals surface area contributed by atoms with E-state index in [0.29, 0.717) is 18.7 Å². The van der Waals surface area contributed by atoms with Gasteiger partial charge in [0.05, 0.1) is 29.1 Å². The number of carbonyl (C=O) groups is 1. The highest BCUT2D eigenvalue weighted by molar-refractivity contribution is 7.12. The summed E-state index contributed by atoms with van der Waals surface area (Å²) in [6.45, 7) is 3.33. The molecule has 8 heteroatoms. The molecule has 3 aromatic rings. The highest BCUT2D eigenvalue weighted by Gasteiger charge is 2.36. The van der Waals surface area contributed by atoms with Crippen LogP contribution in [0.5, 0.6) is 5.75 Å². The summed E-state index contributed by atoms with van der Waals surface area (Å²) in [7, 11) is 0. The first-order chi connectivity index (χ1) is 15.2. The van der Waals surface area contributed by atoms with E-state index >= 15 is 0 Å². The highest BCUT2D eigenvalue weighted by Crippen LogP contribution is 2.34. The maximum atomic E-state index is 13.2. The van der Waals surface area contributed by atoms with Crippen molar-refractivity contribution in [2.75, 3.05) is 37.6 Å². The van der Waals surface area contributed by atoms with Crippen molar-refractivity contribution in [1.82, 2.24) is 9.91 Å². The molecule has 31 heavy (non-hydrogen) atoms. The maximum absolute atomic E-state index is 13.2. The number of nitrogens with zero attached hydrogens (tertiary/aromatic N) is 4. The van der Waals surface area contributed by atoms with Crippen LogP contribution in [0.15, 0.2) is 69.7 Å². The van der Waals surface area contributed by atoms with Crippen molar-refractivity contribution < 1.29 is 14.3 Å². The molecular formula is C23H24N4O3S. The molecule has 1 aromatic carbocycles. The van der Waals surface area contributed by atoms with Gasteiger partial charge >= 0.3 is 0 Å². The third-order valence-corrected chi connectivity index (χ3v) is 6.72. The molecule has 2 aliphatic heterocycles. The number of para-hydroxylation sites is 2. The van der Waals surface area contributed by atoms with Gasteiger partial charge in [-0.25, -0.2) is 5.01 Å². The van der Waals surface area contributed by atoms with Gasteiger partial charge in [0.25, 0.3) is 5.91 Å². The highest BCUT2D eigenvalue weighted by atomic mass is 32.1. The molecule has 1 fully saturated rings. The standard InChI is InChI=1S/C23H24N4O3S/c28-20-6-2-1-5-18(20)26-11-9-25(10-12-26)16-23(29)27-19(21-7-3-13-30-21)15-17(24-27)22-8-4-14-31-22/h1-8,13-14,19,28H,9-12,15-16H2/t19-/m1/s1. The second-order valence-electron chi connectivity index (χ2n) is 7.75. The fourth-order valence-corrected chi connectivity index (χ4v) is 4.90. The zero-order valence-electron chi connectivity index (χ0n) is 17.1. The van der Waals surface area contributed by atoms with E-state index in [9.17, 15) is 9.90 Å². The van der Waals surface area contributed by atoms with Crippen LogP contribution in [-0.2, 0) is 4.79 Å². The minimum atomic E-state index is -0.206. The molecule has 0 radical (unpaired) electrons. The Morgan fingerprint density at radius 2 is 1.94 bits per heavy atom. The van der Waals surface area contributed by atoms with Gasteiger partial charge in [-0.05, 0) is 35.7 Å². The largest absolute Gasteiger partial charge is 0.506 e. The molecule has 0 unspecified atom stereocenters. The van der Waals surface area contributed by atoms with E-state index in [4.69, 9.17) is 4.42 Å². The Bertz CT molecular complexity index is 1060. The van der Waals surface area contributed by atoms with Gasteiger partial charge in [-0.3, -0.25) is 9.69 Å². The van der Waals surface area contributed by atoms with Crippen molar-refractivity contribution in [1.29, 1.82) is 0 Å².